The van der Waals surface area contributed by atoms with Crippen LogP contribution in [0, 0.1) is 13.8 Å². The summed E-state index contributed by atoms with van der Waals surface area (Å²) < 4.78 is 1.56. The number of nitrogens with zero attached hydrogens (tertiary/aromatic N) is 4. The van der Waals surface area contributed by atoms with Crippen LogP contribution < -0.4 is 5.73 Å². The van der Waals surface area contributed by atoms with Crippen LogP contribution >= 0.6 is 11.3 Å². The van der Waals surface area contributed by atoms with Crippen molar-refractivity contribution in [3.8, 4) is 5.69 Å². The monoisotopic (exact) mass is 395 g/mol. The largest absolute Gasteiger partial charge is 0.383 e. The highest BCUT2D eigenvalue weighted by Gasteiger charge is 2.37. The predicted octanol–water partition coefficient (Wildman–Crippen LogP) is 3.02. The van der Waals surface area contributed by atoms with Crippen molar-refractivity contribution in [3.05, 3.63) is 57.7 Å². The van der Waals surface area contributed by atoms with Crippen LogP contribution in [0.5, 0.6) is 0 Å². The lowest BCUT2D eigenvalue weighted by Gasteiger charge is -2.23. The van der Waals surface area contributed by atoms with E-state index in [1.807, 2.05) is 31.2 Å². The Morgan fingerprint density at radius 1 is 1.21 bits per heavy atom. The van der Waals surface area contributed by atoms with Gasteiger partial charge < -0.3 is 10.6 Å². The van der Waals surface area contributed by atoms with Gasteiger partial charge in [0.05, 0.1) is 34.7 Å². The van der Waals surface area contributed by atoms with Gasteiger partial charge in [0, 0.05) is 6.54 Å². The average Bonchev–Trinajstić information content (AvgIpc) is 3.41. The van der Waals surface area contributed by atoms with Gasteiger partial charge in [-0.2, -0.15) is 5.10 Å². The van der Waals surface area contributed by atoms with E-state index in [0.717, 1.165) is 17.7 Å². The Morgan fingerprint density at radius 3 is 2.64 bits per heavy atom. The number of benzene rings is 1. The molecular weight excluding hydrogens is 374 g/mol. The maximum atomic E-state index is 13.2. The second-order valence-corrected chi connectivity index (χ2v) is 7.83. The fourth-order valence-electron chi connectivity index (χ4n) is 3.54. The number of hydrogen-bond donors (Lipinski definition) is 1. The summed E-state index contributed by atoms with van der Waals surface area (Å²) in [6.07, 6.45) is 2.90. The summed E-state index contributed by atoms with van der Waals surface area (Å²) in [5.74, 6) is -0.00801. The first-order chi connectivity index (χ1) is 13.5. The summed E-state index contributed by atoms with van der Waals surface area (Å²) in [5.41, 5.74) is 10.9. The SMILES string of the molecule is Cc1ccc(-n2ncc(C(=O)C3CCCN3C(=O)c3scnc3C)c2N)cc1. The number of thiazole rings is 1. The number of nitrogen functional groups attached to an aromatic ring is 1. The molecule has 1 unspecified atom stereocenters. The Bertz CT molecular complexity index is 1040. The summed E-state index contributed by atoms with van der Waals surface area (Å²) >= 11 is 1.30. The zero-order valence-electron chi connectivity index (χ0n) is 15.8. The first-order valence-corrected chi connectivity index (χ1v) is 10.0. The molecule has 7 nitrogen and oxygen atoms in total. The van der Waals surface area contributed by atoms with Gasteiger partial charge in [-0.15, -0.1) is 11.3 Å². The molecule has 2 aromatic heterocycles. The van der Waals surface area contributed by atoms with Crippen LogP contribution in [-0.2, 0) is 0 Å². The number of hydrogen-bond acceptors (Lipinski definition) is 6. The molecule has 0 saturated carbocycles. The van der Waals surface area contributed by atoms with Crippen molar-refractivity contribution in [3.63, 3.8) is 0 Å². The number of likely N-dealkylation sites (tertiary alicyclic amines) is 1. The number of anilines is 1. The molecule has 2 N–H and O–H groups in total. The number of Topliss-reactive ketones (excluding diaryl/α,β-unsaturated/α-hetero) is 1. The van der Waals surface area contributed by atoms with E-state index in [1.165, 1.54) is 17.5 Å². The van der Waals surface area contributed by atoms with E-state index in [1.54, 1.807) is 22.0 Å². The van der Waals surface area contributed by atoms with Gasteiger partial charge in [0.2, 0.25) is 0 Å². The van der Waals surface area contributed by atoms with Crippen LogP contribution in [-0.4, -0.2) is 43.9 Å². The highest BCUT2D eigenvalue weighted by Crippen LogP contribution is 2.28. The molecule has 0 radical (unpaired) electrons. The second kappa shape index (κ2) is 7.20. The van der Waals surface area contributed by atoms with Crippen molar-refractivity contribution in [2.75, 3.05) is 12.3 Å². The van der Waals surface area contributed by atoms with Gasteiger partial charge in [0.1, 0.15) is 10.7 Å². The summed E-state index contributed by atoms with van der Waals surface area (Å²) in [4.78, 5) is 32.5. The van der Waals surface area contributed by atoms with Crippen molar-refractivity contribution in [2.45, 2.75) is 32.7 Å². The topological polar surface area (TPSA) is 94.1 Å². The van der Waals surface area contributed by atoms with Crippen molar-refractivity contribution >= 4 is 28.8 Å². The van der Waals surface area contributed by atoms with Gasteiger partial charge in [-0.05, 0) is 38.8 Å². The zero-order chi connectivity index (χ0) is 19.8. The standard InChI is InChI=1S/C20H21N5O2S/c1-12-5-7-14(8-6-12)25-19(21)15(10-23-25)17(26)16-4-3-9-24(16)20(27)18-13(2)22-11-28-18/h5-8,10-11,16H,3-4,9,21H2,1-2H3. The second-order valence-electron chi connectivity index (χ2n) is 6.98. The minimum absolute atomic E-state index is 0.139. The molecule has 3 heterocycles. The summed E-state index contributed by atoms with van der Waals surface area (Å²) in [6.45, 7) is 4.36. The zero-order valence-corrected chi connectivity index (χ0v) is 16.6. The highest BCUT2D eigenvalue weighted by molar-refractivity contribution is 7.11. The van der Waals surface area contributed by atoms with Gasteiger partial charge in [-0.25, -0.2) is 9.67 Å². The third kappa shape index (κ3) is 3.09. The molecule has 0 aliphatic carbocycles. The minimum atomic E-state index is -0.521. The van der Waals surface area contributed by atoms with Crippen molar-refractivity contribution in [1.82, 2.24) is 19.7 Å². The van der Waals surface area contributed by atoms with Gasteiger partial charge in [0.15, 0.2) is 5.78 Å². The van der Waals surface area contributed by atoms with Crippen LogP contribution in [0.25, 0.3) is 5.69 Å². The maximum Gasteiger partial charge on any atom is 0.266 e. The van der Waals surface area contributed by atoms with Gasteiger partial charge in [-0.1, -0.05) is 17.7 Å². The van der Waals surface area contributed by atoms with Gasteiger partial charge in [-0.3, -0.25) is 9.59 Å². The molecule has 144 valence electrons. The molecule has 1 aliphatic rings. The molecule has 0 bridgehead atoms. The van der Waals surface area contributed by atoms with Gasteiger partial charge >= 0.3 is 0 Å². The molecule has 4 rings (SSSR count). The third-order valence-electron chi connectivity index (χ3n) is 5.11. The fourth-order valence-corrected chi connectivity index (χ4v) is 4.30. The number of carbonyl (C=O) groups is 2. The Balaban J connectivity index is 1.61. The smallest absolute Gasteiger partial charge is 0.266 e. The Hall–Kier alpha value is -3.00. The van der Waals surface area contributed by atoms with Crippen molar-refractivity contribution < 1.29 is 9.59 Å². The van der Waals surface area contributed by atoms with E-state index in [0.29, 0.717) is 34.9 Å². The van der Waals surface area contributed by atoms with Crippen molar-refractivity contribution in [2.24, 2.45) is 0 Å². The first kappa shape index (κ1) is 18.4. The van der Waals surface area contributed by atoms with Crippen LogP contribution in [0.1, 0.15) is 44.1 Å². The number of ketones is 1. The number of rotatable bonds is 4. The molecule has 1 amide bonds. The Morgan fingerprint density at radius 2 is 1.96 bits per heavy atom. The highest BCUT2D eigenvalue weighted by atomic mass is 32.1. The molecule has 0 spiro atoms. The lowest BCUT2D eigenvalue weighted by atomic mass is 10.0. The Kier molecular flexibility index (Phi) is 4.72. The average molecular weight is 395 g/mol. The predicted molar refractivity (Wildman–Crippen MR) is 108 cm³/mol. The van der Waals surface area contributed by atoms with Gasteiger partial charge in [0.25, 0.3) is 5.91 Å². The maximum absolute atomic E-state index is 13.2. The molecule has 1 atom stereocenters. The minimum Gasteiger partial charge on any atom is -0.383 e. The molecular formula is C20H21N5O2S. The Labute approximate surface area is 166 Å². The number of amides is 1. The molecule has 3 aromatic rings. The fraction of sp³-hybridized carbons (Fsp3) is 0.300. The summed E-state index contributed by atoms with van der Waals surface area (Å²) in [7, 11) is 0. The van der Waals surface area contributed by atoms with Crippen LogP contribution in [0.4, 0.5) is 5.82 Å². The summed E-state index contributed by atoms with van der Waals surface area (Å²) in [5, 5.41) is 4.30. The van der Waals surface area contributed by atoms with E-state index in [4.69, 9.17) is 5.73 Å². The first-order valence-electron chi connectivity index (χ1n) is 9.13. The van der Waals surface area contributed by atoms with Crippen LogP contribution in [0.3, 0.4) is 0 Å². The lowest BCUT2D eigenvalue weighted by Crippen LogP contribution is -2.40. The molecule has 1 aromatic carbocycles. The molecule has 1 aliphatic heterocycles. The van der Waals surface area contributed by atoms with E-state index in [-0.39, 0.29) is 11.7 Å². The molecule has 1 fully saturated rings. The van der Waals surface area contributed by atoms with E-state index < -0.39 is 6.04 Å². The van der Waals surface area contributed by atoms with E-state index >= 15 is 0 Å². The lowest BCUT2D eigenvalue weighted by molar-refractivity contribution is 0.0674. The summed E-state index contributed by atoms with van der Waals surface area (Å²) in [6, 6.07) is 7.22. The number of aryl methyl sites for hydroxylation is 2. The van der Waals surface area contributed by atoms with E-state index in [2.05, 4.69) is 10.1 Å². The van der Waals surface area contributed by atoms with Crippen LogP contribution in [0.15, 0.2) is 36.0 Å². The number of carbonyl (C=O) groups excluding carboxylic acids is 2. The number of aromatic nitrogens is 3. The normalized spacial score (nSPS) is 16.5. The third-order valence-corrected chi connectivity index (χ3v) is 6.02. The molecule has 28 heavy (non-hydrogen) atoms. The van der Waals surface area contributed by atoms with E-state index in [9.17, 15) is 9.59 Å². The molecule has 8 heteroatoms. The van der Waals surface area contributed by atoms with Crippen molar-refractivity contribution in [1.29, 1.82) is 0 Å². The molecule has 1 saturated heterocycles. The quantitative estimate of drug-likeness (QED) is 0.685. The number of nitrogens with two attached hydrogens (primary N) is 1. The van der Waals surface area contributed by atoms with Crippen LogP contribution in [0.2, 0.25) is 0 Å².